The molecule has 3 rings (SSSR count). The van der Waals surface area contributed by atoms with E-state index in [1.54, 1.807) is 30.3 Å². The van der Waals surface area contributed by atoms with Gasteiger partial charge in [-0.3, -0.25) is 19.3 Å². The molecule has 0 saturated carbocycles. The van der Waals surface area contributed by atoms with Crippen molar-refractivity contribution in [2.24, 2.45) is 0 Å². The maximum Gasteiger partial charge on any atom is 0.306 e. The highest BCUT2D eigenvalue weighted by Gasteiger charge is 2.36. The molecule has 1 fully saturated rings. The first-order valence-electron chi connectivity index (χ1n) is 8.84. The van der Waals surface area contributed by atoms with E-state index in [4.69, 9.17) is 8.92 Å². The molecule has 2 aromatic rings. The second kappa shape index (κ2) is 9.23. The number of nitrogens with zero attached hydrogens (tertiary/aromatic N) is 1. The molecule has 0 unspecified atom stereocenters. The fraction of sp³-hybridized carbons (Fsp3) is 0.150. The number of carbonyl (C=O) groups is 3. The zero-order valence-corrected chi connectivity index (χ0v) is 18.2. The van der Waals surface area contributed by atoms with Crippen molar-refractivity contribution >= 4 is 50.7 Å². The fourth-order valence-electron chi connectivity index (χ4n) is 2.66. The molecule has 0 bridgehead atoms. The number of thioether (sulfide) groups is 1. The van der Waals surface area contributed by atoms with Gasteiger partial charge in [0.05, 0.1) is 18.3 Å². The standard InChI is InChI=1S/C20H18N2O7S2/c1-28-16-10-13(8-9-15(16)29-31(2,26)27)11-17-19(24)22(20(25)30-17)12-18(23)21-14-6-4-3-5-7-14/h3-11H,12H2,1-2H3,(H,21,23)/b17-11-. The Morgan fingerprint density at radius 3 is 2.48 bits per heavy atom. The zero-order chi connectivity index (χ0) is 22.6. The van der Waals surface area contributed by atoms with E-state index >= 15 is 0 Å². The topological polar surface area (TPSA) is 119 Å². The Labute approximate surface area is 183 Å². The lowest BCUT2D eigenvalue weighted by molar-refractivity contribution is -0.127. The minimum atomic E-state index is -3.75. The van der Waals surface area contributed by atoms with Crippen molar-refractivity contribution in [2.45, 2.75) is 0 Å². The number of methoxy groups -OCH3 is 1. The normalized spacial score (nSPS) is 15.3. The smallest absolute Gasteiger partial charge is 0.306 e. The number of imide groups is 1. The van der Waals surface area contributed by atoms with Gasteiger partial charge in [-0.05, 0) is 47.7 Å². The summed E-state index contributed by atoms with van der Waals surface area (Å²) < 4.78 is 32.7. The Balaban J connectivity index is 1.74. The van der Waals surface area contributed by atoms with Crippen molar-refractivity contribution < 1.29 is 31.7 Å². The first kappa shape index (κ1) is 22.4. The van der Waals surface area contributed by atoms with Crippen molar-refractivity contribution in [3.05, 3.63) is 59.0 Å². The van der Waals surface area contributed by atoms with Gasteiger partial charge in [-0.1, -0.05) is 24.3 Å². The predicted molar refractivity (Wildman–Crippen MR) is 116 cm³/mol. The van der Waals surface area contributed by atoms with Gasteiger partial charge < -0.3 is 14.2 Å². The first-order chi connectivity index (χ1) is 14.7. The minimum absolute atomic E-state index is 0.00663. The molecular weight excluding hydrogens is 444 g/mol. The third-order valence-electron chi connectivity index (χ3n) is 3.96. The van der Waals surface area contributed by atoms with E-state index in [2.05, 4.69) is 5.32 Å². The van der Waals surface area contributed by atoms with Gasteiger partial charge in [-0.15, -0.1) is 0 Å². The summed E-state index contributed by atoms with van der Waals surface area (Å²) in [4.78, 5) is 38.0. The number of rotatable bonds is 7. The molecule has 1 saturated heterocycles. The molecule has 0 aromatic heterocycles. The molecule has 0 spiro atoms. The van der Waals surface area contributed by atoms with Gasteiger partial charge in [-0.2, -0.15) is 8.42 Å². The quantitative estimate of drug-likeness (QED) is 0.493. The van der Waals surface area contributed by atoms with Crippen LogP contribution in [0, 0.1) is 0 Å². The van der Waals surface area contributed by atoms with E-state index in [1.165, 1.54) is 31.4 Å². The number of nitrogens with one attached hydrogen (secondary N) is 1. The number of hydrogen-bond donors (Lipinski definition) is 1. The van der Waals surface area contributed by atoms with Crippen LogP contribution in [0.3, 0.4) is 0 Å². The molecule has 9 nitrogen and oxygen atoms in total. The van der Waals surface area contributed by atoms with Crippen LogP contribution in [0.15, 0.2) is 53.4 Å². The number of hydrogen-bond acceptors (Lipinski definition) is 8. The number of benzene rings is 2. The van der Waals surface area contributed by atoms with E-state index in [9.17, 15) is 22.8 Å². The van der Waals surface area contributed by atoms with Gasteiger partial charge in [0.25, 0.3) is 11.1 Å². The Kier molecular flexibility index (Phi) is 6.66. The van der Waals surface area contributed by atoms with Gasteiger partial charge in [0.1, 0.15) is 6.54 Å². The minimum Gasteiger partial charge on any atom is -0.493 e. The number of anilines is 1. The van der Waals surface area contributed by atoms with Crippen molar-refractivity contribution in [1.29, 1.82) is 0 Å². The largest absolute Gasteiger partial charge is 0.493 e. The van der Waals surface area contributed by atoms with Crippen molar-refractivity contribution in [2.75, 3.05) is 25.2 Å². The van der Waals surface area contributed by atoms with Crippen molar-refractivity contribution in [3.8, 4) is 11.5 Å². The maximum absolute atomic E-state index is 12.6. The summed E-state index contributed by atoms with van der Waals surface area (Å²) in [5.74, 6) is -0.971. The number of para-hydroxylation sites is 1. The molecule has 162 valence electrons. The summed E-state index contributed by atoms with van der Waals surface area (Å²) in [5.41, 5.74) is 1.04. The summed E-state index contributed by atoms with van der Waals surface area (Å²) in [5, 5.41) is 2.05. The SMILES string of the molecule is COc1cc(/C=C2\SC(=O)N(CC(=O)Nc3ccccc3)C2=O)ccc1OS(C)(=O)=O. The van der Waals surface area contributed by atoms with Crippen LogP contribution in [-0.4, -0.2) is 50.3 Å². The summed E-state index contributed by atoms with van der Waals surface area (Å²) in [6.07, 6.45) is 2.36. The van der Waals surface area contributed by atoms with Gasteiger partial charge in [0.15, 0.2) is 11.5 Å². The molecule has 1 N–H and O–H groups in total. The average molecular weight is 463 g/mol. The molecule has 0 atom stereocenters. The van der Waals surface area contributed by atoms with E-state index in [0.29, 0.717) is 23.0 Å². The third-order valence-corrected chi connectivity index (χ3v) is 5.35. The molecule has 2 aromatic carbocycles. The van der Waals surface area contributed by atoms with E-state index in [1.807, 2.05) is 0 Å². The molecule has 31 heavy (non-hydrogen) atoms. The van der Waals surface area contributed by atoms with Crippen LogP contribution < -0.4 is 14.2 Å². The fourth-order valence-corrected chi connectivity index (χ4v) is 3.96. The summed E-state index contributed by atoms with van der Waals surface area (Å²) in [6.45, 7) is -0.415. The third kappa shape index (κ3) is 5.86. The summed E-state index contributed by atoms with van der Waals surface area (Å²) in [7, 11) is -2.40. The van der Waals surface area contributed by atoms with Crippen molar-refractivity contribution in [1.82, 2.24) is 4.90 Å². The summed E-state index contributed by atoms with van der Waals surface area (Å²) >= 11 is 0.703. The molecular formula is C20H18N2O7S2. The highest BCUT2D eigenvalue weighted by atomic mass is 32.2. The Morgan fingerprint density at radius 1 is 1.13 bits per heavy atom. The van der Waals surface area contributed by atoms with E-state index in [-0.39, 0.29) is 16.4 Å². The Morgan fingerprint density at radius 2 is 1.84 bits per heavy atom. The Hall–Kier alpha value is -3.31. The second-order valence-electron chi connectivity index (χ2n) is 6.38. The molecule has 11 heteroatoms. The highest BCUT2D eigenvalue weighted by molar-refractivity contribution is 8.18. The van der Waals surface area contributed by atoms with Gasteiger partial charge >= 0.3 is 10.1 Å². The Bertz CT molecular complexity index is 1160. The number of ether oxygens (including phenoxy) is 1. The molecule has 1 aliphatic rings. The van der Waals surface area contributed by atoms with Gasteiger partial charge in [0.2, 0.25) is 5.91 Å². The lowest BCUT2D eigenvalue weighted by Crippen LogP contribution is -2.36. The van der Waals surface area contributed by atoms with E-state index in [0.717, 1.165) is 11.2 Å². The average Bonchev–Trinajstić information content (AvgIpc) is 2.96. The molecule has 1 heterocycles. The second-order valence-corrected chi connectivity index (χ2v) is 8.95. The number of amides is 3. The number of carbonyl (C=O) groups excluding carboxylic acids is 3. The monoisotopic (exact) mass is 462 g/mol. The van der Waals surface area contributed by atoms with Crippen LogP contribution in [0.4, 0.5) is 10.5 Å². The lowest BCUT2D eigenvalue weighted by Gasteiger charge is -2.12. The lowest BCUT2D eigenvalue weighted by atomic mass is 10.2. The summed E-state index contributed by atoms with van der Waals surface area (Å²) in [6, 6.07) is 13.0. The molecule has 1 aliphatic heterocycles. The molecule has 0 radical (unpaired) electrons. The zero-order valence-electron chi connectivity index (χ0n) is 16.5. The van der Waals surface area contributed by atoms with E-state index < -0.39 is 33.7 Å². The molecule has 0 aliphatic carbocycles. The van der Waals surface area contributed by atoms with Crippen LogP contribution >= 0.6 is 11.8 Å². The van der Waals surface area contributed by atoms with Crippen LogP contribution in [0.5, 0.6) is 11.5 Å². The van der Waals surface area contributed by atoms with Gasteiger partial charge in [0, 0.05) is 5.69 Å². The molecule has 3 amide bonds. The highest BCUT2D eigenvalue weighted by Crippen LogP contribution is 2.34. The predicted octanol–water partition coefficient (Wildman–Crippen LogP) is 2.71. The van der Waals surface area contributed by atoms with Crippen molar-refractivity contribution in [3.63, 3.8) is 0 Å². The van der Waals surface area contributed by atoms with Crippen LogP contribution in [-0.2, 0) is 19.7 Å². The van der Waals surface area contributed by atoms with Crippen LogP contribution in [0.2, 0.25) is 0 Å². The van der Waals surface area contributed by atoms with Crippen LogP contribution in [0.1, 0.15) is 5.56 Å². The maximum atomic E-state index is 12.6. The van der Waals surface area contributed by atoms with Crippen LogP contribution in [0.25, 0.3) is 6.08 Å². The van der Waals surface area contributed by atoms with Gasteiger partial charge in [-0.25, -0.2) is 0 Å². The first-order valence-corrected chi connectivity index (χ1v) is 11.5.